The number of sulfonamides is 1. The Kier molecular flexibility index (Phi) is 3.35. The minimum absolute atomic E-state index is 0.225. The molecule has 0 aliphatic carbocycles. The maximum atomic E-state index is 12.3. The molecule has 3 rings (SSSR count). The number of benzene rings is 2. The molecule has 3 aromatic rings. The largest absolute Gasteiger partial charge is 0.263 e. The third-order valence-electron chi connectivity index (χ3n) is 3.20. The van der Waals surface area contributed by atoms with E-state index in [1.54, 1.807) is 36.5 Å². The van der Waals surface area contributed by atoms with Crippen molar-refractivity contribution in [2.24, 2.45) is 0 Å². The number of fused-ring (bicyclic) bond motifs is 1. The van der Waals surface area contributed by atoms with Gasteiger partial charge >= 0.3 is 0 Å². The van der Waals surface area contributed by atoms with E-state index >= 15 is 0 Å². The maximum absolute atomic E-state index is 12.3. The number of aryl methyl sites for hydroxylation is 1. The average Bonchev–Trinajstić information content (AvgIpc) is 2.47. The summed E-state index contributed by atoms with van der Waals surface area (Å²) in [6.45, 7) is 1.91. The smallest absolute Gasteiger partial charge is 0.263 e. The summed E-state index contributed by atoms with van der Waals surface area (Å²) in [5.74, 6) is 0.314. The molecule has 0 fully saturated rings. The minimum Gasteiger partial charge on any atom is -0.263 e. The van der Waals surface area contributed by atoms with Crippen molar-refractivity contribution in [2.75, 3.05) is 4.72 Å². The monoisotopic (exact) mass is 298 g/mol. The Morgan fingerprint density at radius 3 is 2.33 bits per heavy atom. The third kappa shape index (κ3) is 2.87. The molecule has 0 radical (unpaired) electrons. The second-order valence-electron chi connectivity index (χ2n) is 4.84. The number of nitrogens with zero attached hydrogens (tertiary/aromatic N) is 1. The van der Waals surface area contributed by atoms with Crippen LogP contribution >= 0.6 is 0 Å². The molecule has 106 valence electrons. The summed E-state index contributed by atoms with van der Waals surface area (Å²) in [6, 6.07) is 16.1. The van der Waals surface area contributed by atoms with Gasteiger partial charge in [0.2, 0.25) is 0 Å². The predicted octanol–water partition coefficient (Wildman–Crippen LogP) is 3.34. The number of hydrogen-bond donors (Lipinski definition) is 1. The Labute approximate surface area is 123 Å². The lowest BCUT2D eigenvalue weighted by molar-refractivity contribution is 0.601. The van der Waals surface area contributed by atoms with Gasteiger partial charge in [0.15, 0.2) is 0 Å². The van der Waals surface area contributed by atoms with Crippen LogP contribution < -0.4 is 4.72 Å². The van der Waals surface area contributed by atoms with Gasteiger partial charge in [-0.25, -0.2) is 13.4 Å². The standard InChI is InChI=1S/C16H14N2O2S/c1-12-6-8-15(9-7-12)21(19,20)18-16-10-13-4-2-3-5-14(13)11-17-16/h2-11H,1H3,(H,17,18). The van der Waals surface area contributed by atoms with Crippen molar-refractivity contribution < 1.29 is 8.42 Å². The summed E-state index contributed by atoms with van der Waals surface area (Å²) in [7, 11) is -3.61. The van der Waals surface area contributed by atoms with Crippen molar-refractivity contribution >= 4 is 26.6 Å². The number of anilines is 1. The van der Waals surface area contributed by atoms with Gasteiger partial charge < -0.3 is 0 Å². The van der Waals surface area contributed by atoms with Gasteiger partial charge in [-0.2, -0.15) is 0 Å². The highest BCUT2D eigenvalue weighted by Gasteiger charge is 2.14. The predicted molar refractivity (Wildman–Crippen MR) is 83.7 cm³/mol. The first-order chi connectivity index (χ1) is 10.0. The van der Waals surface area contributed by atoms with Crippen molar-refractivity contribution in [1.29, 1.82) is 0 Å². The quantitative estimate of drug-likeness (QED) is 0.806. The average molecular weight is 298 g/mol. The molecular weight excluding hydrogens is 284 g/mol. The Bertz CT molecular complexity index is 888. The lowest BCUT2D eigenvalue weighted by atomic mass is 10.2. The summed E-state index contributed by atoms with van der Waals surface area (Å²) < 4.78 is 27.1. The van der Waals surface area contributed by atoms with E-state index in [0.717, 1.165) is 16.3 Å². The number of nitrogens with one attached hydrogen (secondary N) is 1. The molecule has 0 atom stereocenters. The van der Waals surface area contributed by atoms with Crippen molar-refractivity contribution in [3.63, 3.8) is 0 Å². The van der Waals surface area contributed by atoms with E-state index in [1.165, 1.54) is 0 Å². The second-order valence-corrected chi connectivity index (χ2v) is 6.52. The van der Waals surface area contributed by atoms with Crippen LogP contribution in [0.2, 0.25) is 0 Å². The molecule has 0 aliphatic rings. The van der Waals surface area contributed by atoms with Crippen LogP contribution in [0.4, 0.5) is 5.82 Å². The van der Waals surface area contributed by atoms with E-state index in [0.29, 0.717) is 5.82 Å². The Hall–Kier alpha value is -2.40. The van der Waals surface area contributed by atoms with Crippen molar-refractivity contribution in [3.05, 3.63) is 66.4 Å². The first-order valence-corrected chi connectivity index (χ1v) is 7.97. The van der Waals surface area contributed by atoms with Crippen LogP contribution in [0.1, 0.15) is 5.56 Å². The van der Waals surface area contributed by atoms with Crippen LogP contribution in [0.3, 0.4) is 0 Å². The van der Waals surface area contributed by atoms with E-state index in [2.05, 4.69) is 9.71 Å². The number of aromatic nitrogens is 1. The third-order valence-corrected chi connectivity index (χ3v) is 4.57. The number of rotatable bonds is 3. The number of hydrogen-bond acceptors (Lipinski definition) is 3. The molecule has 2 aromatic carbocycles. The fourth-order valence-electron chi connectivity index (χ4n) is 2.05. The summed E-state index contributed by atoms with van der Waals surface area (Å²) in [6.07, 6.45) is 1.66. The summed E-state index contributed by atoms with van der Waals surface area (Å²) >= 11 is 0. The highest BCUT2D eigenvalue weighted by molar-refractivity contribution is 7.92. The van der Waals surface area contributed by atoms with Crippen LogP contribution in [0.5, 0.6) is 0 Å². The fraction of sp³-hybridized carbons (Fsp3) is 0.0625. The van der Waals surface area contributed by atoms with Gasteiger partial charge in [-0.3, -0.25) is 4.72 Å². The summed E-state index contributed by atoms with van der Waals surface area (Å²) in [4.78, 5) is 4.37. The van der Waals surface area contributed by atoms with Crippen molar-refractivity contribution in [1.82, 2.24) is 4.98 Å². The van der Waals surface area contributed by atoms with E-state index < -0.39 is 10.0 Å². The molecule has 0 spiro atoms. The van der Waals surface area contributed by atoms with E-state index in [9.17, 15) is 8.42 Å². The van der Waals surface area contributed by atoms with E-state index in [1.807, 2.05) is 31.2 Å². The highest BCUT2D eigenvalue weighted by atomic mass is 32.2. The Morgan fingerprint density at radius 2 is 1.62 bits per heavy atom. The van der Waals surface area contributed by atoms with Crippen molar-refractivity contribution in [2.45, 2.75) is 11.8 Å². The van der Waals surface area contributed by atoms with Gasteiger partial charge in [0, 0.05) is 11.6 Å². The van der Waals surface area contributed by atoms with Gasteiger partial charge in [-0.1, -0.05) is 42.0 Å². The molecule has 5 heteroatoms. The topological polar surface area (TPSA) is 59.1 Å². The normalized spacial score (nSPS) is 11.5. The van der Waals surface area contributed by atoms with Gasteiger partial charge in [0.25, 0.3) is 10.0 Å². The molecule has 0 unspecified atom stereocenters. The van der Waals surface area contributed by atoms with Crippen LogP contribution in [0.15, 0.2) is 65.7 Å². The van der Waals surface area contributed by atoms with Crippen molar-refractivity contribution in [3.8, 4) is 0 Å². The van der Waals surface area contributed by atoms with Gasteiger partial charge in [0.05, 0.1) is 4.90 Å². The molecule has 0 saturated carbocycles. The zero-order chi connectivity index (χ0) is 14.9. The van der Waals surface area contributed by atoms with E-state index in [4.69, 9.17) is 0 Å². The van der Waals surface area contributed by atoms with Crippen LogP contribution in [-0.2, 0) is 10.0 Å². The molecule has 1 N–H and O–H groups in total. The lowest BCUT2D eigenvalue weighted by Gasteiger charge is -2.08. The van der Waals surface area contributed by atoms with Crippen LogP contribution in [0, 0.1) is 6.92 Å². The zero-order valence-corrected chi connectivity index (χ0v) is 12.3. The Balaban J connectivity index is 1.95. The molecule has 1 heterocycles. The zero-order valence-electron chi connectivity index (χ0n) is 11.4. The Morgan fingerprint density at radius 1 is 0.952 bits per heavy atom. The highest BCUT2D eigenvalue weighted by Crippen LogP contribution is 2.19. The van der Waals surface area contributed by atoms with Crippen LogP contribution in [-0.4, -0.2) is 13.4 Å². The number of pyridine rings is 1. The second kappa shape index (κ2) is 5.18. The van der Waals surface area contributed by atoms with Gasteiger partial charge in [-0.05, 0) is 30.5 Å². The fourth-order valence-corrected chi connectivity index (χ4v) is 3.05. The SMILES string of the molecule is Cc1ccc(S(=O)(=O)Nc2cc3ccccc3cn2)cc1. The first kappa shape index (κ1) is 13.6. The van der Waals surface area contributed by atoms with E-state index in [-0.39, 0.29) is 4.90 Å². The first-order valence-electron chi connectivity index (χ1n) is 6.49. The van der Waals surface area contributed by atoms with Crippen LogP contribution in [0.25, 0.3) is 10.8 Å². The molecule has 0 saturated heterocycles. The summed E-state index contributed by atoms with van der Waals surface area (Å²) in [5, 5.41) is 1.91. The molecular formula is C16H14N2O2S. The maximum Gasteiger partial charge on any atom is 0.263 e. The van der Waals surface area contributed by atoms with Gasteiger partial charge in [-0.15, -0.1) is 0 Å². The molecule has 4 nitrogen and oxygen atoms in total. The lowest BCUT2D eigenvalue weighted by Crippen LogP contribution is -2.13. The van der Waals surface area contributed by atoms with Gasteiger partial charge in [0.1, 0.15) is 5.82 Å². The molecule has 0 bridgehead atoms. The molecule has 0 amide bonds. The molecule has 0 aliphatic heterocycles. The minimum atomic E-state index is -3.61. The summed E-state index contributed by atoms with van der Waals surface area (Å²) in [5.41, 5.74) is 1.01. The molecule has 21 heavy (non-hydrogen) atoms. The molecule has 1 aromatic heterocycles.